The molecule has 37 heavy (non-hydrogen) atoms. The highest BCUT2D eigenvalue weighted by Gasteiger charge is 2.22. The van der Waals surface area contributed by atoms with Crippen molar-refractivity contribution in [3.63, 3.8) is 0 Å². The van der Waals surface area contributed by atoms with Crippen LogP contribution in [-0.4, -0.2) is 38.5 Å². The smallest absolute Gasteiger partial charge is 0.269 e. The molecule has 0 aliphatic rings. The predicted molar refractivity (Wildman–Crippen MR) is 141 cm³/mol. The van der Waals surface area contributed by atoms with Crippen LogP contribution < -0.4 is 14.8 Å². The van der Waals surface area contributed by atoms with Gasteiger partial charge in [-0.05, 0) is 49.7 Å². The molecule has 1 unspecified atom stereocenters. The topological polar surface area (TPSA) is 121 Å². The Morgan fingerprint density at radius 2 is 1.78 bits per heavy atom. The summed E-state index contributed by atoms with van der Waals surface area (Å²) in [6, 6.07) is 21.2. The molecule has 4 rings (SSSR count). The van der Waals surface area contributed by atoms with Gasteiger partial charge in [0.25, 0.3) is 5.69 Å². The number of methoxy groups -OCH3 is 1. The third kappa shape index (κ3) is 6.07. The number of aryl methyl sites for hydroxylation is 1. The van der Waals surface area contributed by atoms with Crippen LogP contribution in [0.25, 0.3) is 5.69 Å². The highest BCUT2D eigenvalue weighted by molar-refractivity contribution is 7.99. The Labute approximate surface area is 217 Å². The summed E-state index contributed by atoms with van der Waals surface area (Å²) in [5, 5.41) is 23.0. The van der Waals surface area contributed by atoms with Crippen molar-refractivity contribution in [3.05, 3.63) is 94.3 Å². The molecule has 0 fully saturated rings. The van der Waals surface area contributed by atoms with Gasteiger partial charge in [0.1, 0.15) is 0 Å². The summed E-state index contributed by atoms with van der Waals surface area (Å²) in [5.74, 6) is 1.53. The maximum atomic E-state index is 12.7. The van der Waals surface area contributed by atoms with Gasteiger partial charge in [0, 0.05) is 23.5 Å². The summed E-state index contributed by atoms with van der Waals surface area (Å²) in [6.45, 7) is 3.57. The molecule has 0 aliphatic heterocycles. The Kier molecular flexibility index (Phi) is 8.04. The predicted octanol–water partition coefficient (Wildman–Crippen LogP) is 5.36. The second-order valence-electron chi connectivity index (χ2n) is 8.02. The number of aromatic nitrogens is 3. The molecule has 0 radical (unpaired) electrons. The van der Waals surface area contributed by atoms with Crippen molar-refractivity contribution in [1.82, 2.24) is 14.8 Å². The number of thioether (sulfide) groups is 1. The van der Waals surface area contributed by atoms with Crippen molar-refractivity contribution in [2.24, 2.45) is 0 Å². The Bertz CT molecular complexity index is 1410. The molecular formula is C26H25N5O5S. The second kappa shape index (κ2) is 11.6. The van der Waals surface area contributed by atoms with Crippen molar-refractivity contribution >= 4 is 29.0 Å². The zero-order chi connectivity index (χ0) is 26.4. The van der Waals surface area contributed by atoms with E-state index in [1.807, 2.05) is 66.1 Å². The summed E-state index contributed by atoms with van der Waals surface area (Å²) in [7, 11) is 1.58. The quantitative estimate of drug-likeness (QED) is 0.169. The van der Waals surface area contributed by atoms with Crippen LogP contribution in [0.1, 0.15) is 24.4 Å². The Hall–Kier alpha value is -4.38. The monoisotopic (exact) mass is 519 g/mol. The van der Waals surface area contributed by atoms with Gasteiger partial charge < -0.3 is 14.8 Å². The first-order valence-corrected chi connectivity index (χ1v) is 12.3. The molecule has 4 aromatic rings. The van der Waals surface area contributed by atoms with Gasteiger partial charge in [-0.2, -0.15) is 0 Å². The van der Waals surface area contributed by atoms with Crippen LogP contribution in [0.5, 0.6) is 11.5 Å². The fourth-order valence-corrected chi connectivity index (χ4v) is 4.39. The molecule has 190 valence electrons. The number of hydrogen-bond donors (Lipinski definition) is 1. The van der Waals surface area contributed by atoms with E-state index < -0.39 is 11.0 Å². The third-order valence-electron chi connectivity index (χ3n) is 5.44. The van der Waals surface area contributed by atoms with E-state index in [2.05, 4.69) is 15.5 Å². The molecule has 0 saturated carbocycles. The minimum atomic E-state index is -0.477. The third-order valence-corrected chi connectivity index (χ3v) is 6.37. The first-order valence-electron chi connectivity index (χ1n) is 11.4. The van der Waals surface area contributed by atoms with Gasteiger partial charge in [0.15, 0.2) is 28.6 Å². The number of hydrogen-bond acceptors (Lipinski definition) is 8. The molecule has 1 N–H and O–H groups in total. The average Bonchev–Trinajstić information content (AvgIpc) is 3.33. The molecule has 0 saturated heterocycles. The fraction of sp³-hybridized carbons (Fsp3) is 0.192. The lowest BCUT2D eigenvalue weighted by atomic mass is 10.2. The van der Waals surface area contributed by atoms with Crippen molar-refractivity contribution in [2.75, 3.05) is 18.2 Å². The number of amides is 1. The standard InChI is InChI=1S/C26H25N5O5S/c1-17-15-20(31(33)34)13-14-21(17)27-24(32)16-37-26-29-28-25(30(26)19-9-5-4-6-10-19)18(2)36-23-12-8-7-11-22(23)35-3/h4-15,18H,16H2,1-3H3,(H,27,32). The number of nitrogens with zero attached hydrogens (tertiary/aromatic N) is 4. The average molecular weight is 520 g/mol. The summed E-state index contributed by atoms with van der Waals surface area (Å²) < 4.78 is 13.4. The maximum Gasteiger partial charge on any atom is 0.269 e. The number of nitro benzene ring substituents is 1. The number of anilines is 1. The van der Waals surface area contributed by atoms with Crippen LogP contribution >= 0.6 is 11.8 Å². The summed E-state index contributed by atoms with van der Waals surface area (Å²) in [4.78, 5) is 23.2. The lowest BCUT2D eigenvalue weighted by molar-refractivity contribution is -0.384. The first-order chi connectivity index (χ1) is 17.9. The van der Waals surface area contributed by atoms with Gasteiger partial charge in [-0.1, -0.05) is 42.1 Å². The normalized spacial score (nSPS) is 11.5. The van der Waals surface area contributed by atoms with Crippen molar-refractivity contribution in [2.45, 2.75) is 25.1 Å². The Morgan fingerprint density at radius 3 is 2.46 bits per heavy atom. The molecular weight excluding hydrogens is 494 g/mol. The summed E-state index contributed by atoms with van der Waals surface area (Å²) >= 11 is 1.22. The molecule has 1 aromatic heterocycles. The highest BCUT2D eigenvalue weighted by atomic mass is 32.2. The van der Waals surface area contributed by atoms with E-state index in [0.29, 0.717) is 33.7 Å². The van der Waals surface area contributed by atoms with Crippen LogP contribution in [0.3, 0.4) is 0 Å². The van der Waals surface area contributed by atoms with E-state index in [1.54, 1.807) is 14.0 Å². The number of ether oxygens (including phenoxy) is 2. The zero-order valence-electron chi connectivity index (χ0n) is 20.5. The fourth-order valence-electron chi connectivity index (χ4n) is 3.64. The first kappa shape index (κ1) is 25.7. The van der Waals surface area contributed by atoms with E-state index in [4.69, 9.17) is 9.47 Å². The second-order valence-corrected chi connectivity index (χ2v) is 8.96. The lowest BCUT2D eigenvalue weighted by Gasteiger charge is -2.18. The van der Waals surface area contributed by atoms with Crippen LogP contribution in [-0.2, 0) is 4.79 Å². The molecule has 0 aliphatic carbocycles. The molecule has 0 spiro atoms. The Balaban J connectivity index is 1.53. The van der Waals surface area contributed by atoms with Crippen LogP contribution in [0, 0.1) is 17.0 Å². The maximum absolute atomic E-state index is 12.7. The molecule has 11 heteroatoms. The van der Waals surface area contributed by atoms with Gasteiger partial charge in [-0.3, -0.25) is 19.5 Å². The summed E-state index contributed by atoms with van der Waals surface area (Å²) in [6.07, 6.45) is -0.477. The molecule has 1 heterocycles. The molecule has 0 bridgehead atoms. The molecule has 10 nitrogen and oxygen atoms in total. The van der Waals surface area contributed by atoms with E-state index >= 15 is 0 Å². The van der Waals surface area contributed by atoms with Crippen molar-refractivity contribution < 1.29 is 19.2 Å². The van der Waals surface area contributed by atoms with E-state index in [1.165, 1.54) is 30.0 Å². The van der Waals surface area contributed by atoms with Crippen molar-refractivity contribution in [1.29, 1.82) is 0 Å². The molecule has 1 atom stereocenters. The minimum absolute atomic E-state index is 0.0298. The number of para-hydroxylation sites is 3. The SMILES string of the molecule is COc1ccccc1OC(C)c1nnc(SCC(=O)Nc2ccc([N+](=O)[O-])cc2C)n1-c1ccccc1. The van der Waals surface area contributed by atoms with Crippen LogP contribution in [0.4, 0.5) is 11.4 Å². The number of carbonyl (C=O) groups excluding carboxylic acids is 1. The number of carbonyl (C=O) groups is 1. The van der Waals surface area contributed by atoms with Crippen molar-refractivity contribution in [3.8, 4) is 17.2 Å². The zero-order valence-corrected chi connectivity index (χ0v) is 21.3. The lowest BCUT2D eigenvalue weighted by Crippen LogP contribution is -2.16. The van der Waals surface area contributed by atoms with Gasteiger partial charge >= 0.3 is 0 Å². The largest absolute Gasteiger partial charge is 0.493 e. The summed E-state index contributed by atoms with van der Waals surface area (Å²) in [5.41, 5.74) is 1.91. The number of nitrogens with one attached hydrogen (secondary N) is 1. The van der Waals surface area contributed by atoms with E-state index in [9.17, 15) is 14.9 Å². The molecule has 1 amide bonds. The van der Waals surface area contributed by atoms with E-state index in [-0.39, 0.29) is 17.3 Å². The van der Waals surface area contributed by atoms with Crippen LogP contribution in [0.2, 0.25) is 0 Å². The van der Waals surface area contributed by atoms with Gasteiger partial charge in [0.2, 0.25) is 5.91 Å². The highest BCUT2D eigenvalue weighted by Crippen LogP contribution is 2.32. The van der Waals surface area contributed by atoms with Crippen LogP contribution in [0.15, 0.2) is 78.0 Å². The van der Waals surface area contributed by atoms with Gasteiger partial charge in [0.05, 0.1) is 17.8 Å². The Morgan fingerprint density at radius 1 is 1.08 bits per heavy atom. The number of nitro groups is 1. The molecule has 3 aromatic carbocycles. The number of rotatable bonds is 10. The number of non-ortho nitro benzene ring substituents is 1. The van der Waals surface area contributed by atoms with Gasteiger partial charge in [-0.25, -0.2) is 0 Å². The number of benzene rings is 3. The van der Waals surface area contributed by atoms with E-state index in [0.717, 1.165) is 5.69 Å². The minimum Gasteiger partial charge on any atom is -0.493 e. The van der Waals surface area contributed by atoms with Gasteiger partial charge in [-0.15, -0.1) is 10.2 Å².